The van der Waals surface area contributed by atoms with E-state index >= 15 is 0 Å². The molecule has 1 aliphatic heterocycles. The number of nitrogens with one attached hydrogen (secondary N) is 1. The van der Waals surface area contributed by atoms with Crippen molar-refractivity contribution < 1.29 is 4.74 Å². The van der Waals surface area contributed by atoms with Crippen LogP contribution in [0, 0.1) is 11.8 Å². The molecule has 0 aromatic heterocycles. The molecule has 0 aromatic rings. The third kappa shape index (κ3) is 5.68. The quantitative estimate of drug-likeness (QED) is 0.721. The summed E-state index contributed by atoms with van der Waals surface area (Å²) in [6, 6.07) is 0.643. The van der Waals surface area contributed by atoms with Crippen LogP contribution >= 0.6 is 0 Å². The van der Waals surface area contributed by atoms with E-state index in [9.17, 15) is 0 Å². The van der Waals surface area contributed by atoms with Gasteiger partial charge in [0.15, 0.2) is 0 Å². The summed E-state index contributed by atoms with van der Waals surface area (Å²) in [5, 5.41) is 3.69. The zero-order chi connectivity index (χ0) is 13.4. The SMILES string of the molecule is CCCNC(CN1CCC(COC)CC1)C(C)C. The fourth-order valence-corrected chi connectivity index (χ4v) is 2.69. The highest BCUT2D eigenvalue weighted by atomic mass is 16.5. The van der Waals surface area contributed by atoms with E-state index < -0.39 is 0 Å². The predicted molar refractivity (Wildman–Crippen MR) is 78.0 cm³/mol. The normalized spacial score (nSPS) is 20.5. The third-order valence-corrected chi connectivity index (χ3v) is 4.03. The standard InChI is InChI=1S/C15H32N2O/c1-5-8-16-15(13(2)3)11-17-9-6-14(7-10-17)12-18-4/h13-16H,5-12H2,1-4H3. The second-order valence-electron chi connectivity index (χ2n) is 6.00. The van der Waals surface area contributed by atoms with Crippen LogP contribution in [-0.4, -0.2) is 50.8 Å². The van der Waals surface area contributed by atoms with Crippen LogP contribution in [-0.2, 0) is 4.74 Å². The molecule has 1 saturated heterocycles. The second kappa shape index (κ2) is 8.89. The van der Waals surface area contributed by atoms with Crippen LogP contribution < -0.4 is 5.32 Å². The van der Waals surface area contributed by atoms with Gasteiger partial charge in [0, 0.05) is 26.3 Å². The van der Waals surface area contributed by atoms with Crippen LogP contribution in [0.3, 0.4) is 0 Å². The minimum absolute atomic E-state index is 0.643. The van der Waals surface area contributed by atoms with Crippen LogP contribution in [0.1, 0.15) is 40.0 Å². The topological polar surface area (TPSA) is 24.5 Å². The van der Waals surface area contributed by atoms with Gasteiger partial charge in [-0.25, -0.2) is 0 Å². The predicted octanol–water partition coefficient (Wildman–Crippen LogP) is 2.37. The first-order chi connectivity index (χ1) is 8.67. The second-order valence-corrected chi connectivity index (χ2v) is 6.00. The summed E-state index contributed by atoms with van der Waals surface area (Å²) in [6.45, 7) is 12.7. The Labute approximate surface area is 113 Å². The maximum absolute atomic E-state index is 5.26. The molecule has 3 heteroatoms. The molecule has 3 nitrogen and oxygen atoms in total. The maximum Gasteiger partial charge on any atom is 0.0491 e. The van der Waals surface area contributed by atoms with Crippen LogP contribution in [0.2, 0.25) is 0 Å². The summed E-state index contributed by atoms with van der Waals surface area (Å²) >= 11 is 0. The van der Waals surface area contributed by atoms with Gasteiger partial charge in [0.25, 0.3) is 0 Å². The summed E-state index contributed by atoms with van der Waals surface area (Å²) < 4.78 is 5.26. The third-order valence-electron chi connectivity index (χ3n) is 4.03. The van der Waals surface area contributed by atoms with Crippen molar-refractivity contribution >= 4 is 0 Å². The van der Waals surface area contributed by atoms with Crippen LogP contribution in [0.4, 0.5) is 0 Å². The van der Waals surface area contributed by atoms with Gasteiger partial charge in [-0.15, -0.1) is 0 Å². The first-order valence-corrected chi connectivity index (χ1v) is 7.62. The van der Waals surface area contributed by atoms with Crippen LogP contribution in [0.25, 0.3) is 0 Å². The van der Waals surface area contributed by atoms with Gasteiger partial charge in [-0.2, -0.15) is 0 Å². The van der Waals surface area contributed by atoms with Gasteiger partial charge in [-0.1, -0.05) is 20.8 Å². The van der Waals surface area contributed by atoms with Gasteiger partial charge >= 0.3 is 0 Å². The molecule has 1 rings (SSSR count). The van der Waals surface area contributed by atoms with Crippen molar-refractivity contribution in [1.82, 2.24) is 10.2 Å². The summed E-state index contributed by atoms with van der Waals surface area (Å²) in [7, 11) is 1.82. The number of rotatable bonds is 8. The van der Waals surface area contributed by atoms with E-state index in [4.69, 9.17) is 4.74 Å². The highest BCUT2D eigenvalue weighted by Crippen LogP contribution is 2.18. The molecule has 1 atom stereocenters. The largest absolute Gasteiger partial charge is 0.384 e. The minimum atomic E-state index is 0.643. The molecular formula is C15H32N2O. The Hall–Kier alpha value is -0.120. The van der Waals surface area contributed by atoms with Gasteiger partial charge in [0.1, 0.15) is 0 Å². The maximum atomic E-state index is 5.26. The summed E-state index contributed by atoms with van der Waals surface area (Å²) in [4.78, 5) is 2.62. The Morgan fingerprint density at radius 2 is 1.94 bits per heavy atom. The van der Waals surface area contributed by atoms with Crippen molar-refractivity contribution in [2.75, 3.05) is 39.9 Å². The minimum Gasteiger partial charge on any atom is -0.384 e. The lowest BCUT2D eigenvalue weighted by Gasteiger charge is -2.35. The van der Waals surface area contributed by atoms with Gasteiger partial charge in [0.05, 0.1) is 0 Å². The number of hydrogen-bond donors (Lipinski definition) is 1. The molecule has 0 aromatic carbocycles. The fraction of sp³-hybridized carbons (Fsp3) is 1.00. The Balaban J connectivity index is 2.28. The molecule has 18 heavy (non-hydrogen) atoms. The van der Waals surface area contributed by atoms with E-state index in [1.54, 1.807) is 0 Å². The van der Waals surface area contributed by atoms with E-state index in [1.165, 1.54) is 38.9 Å². The average Bonchev–Trinajstić information content (AvgIpc) is 2.36. The van der Waals surface area contributed by atoms with Crippen LogP contribution in [0.15, 0.2) is 0 Å². The zero-order valence-electron chi connectivity index (χ0n) is 12.7. The Morgan fingerprint density at radius 3 is 2.44 bits per heavy atom. The molecule has 1 aliphatic rings. The van der Waals surface area contributed by atoms with Crippen molar-refractivity contribution in [3.05, 3.63) is 0 Å². The van der Waals surface area contributed by atoms with E-state index in [0.717, 1.165) is 19.1 Å². The van der Waals surface area contributed by atoms with Gasteiger partial charge in [0.2, 0.25) is 0 Å². The molecule has 0 radical (unpaired) electrons. The van der Waals surface area contributed by atoms with E-state index in [-0.39, 0.29) is 0 Å². The smallest absolute Gasteiger partial charge is 0.0491 e. The molecule has 0 bridgehead atoms. The van der Waals surface area contributed by atoms with Crippen molar-refractivity contribution in [2.24, 2.45) is 11.8 Å². The van der Waals surface area contributed by atoms with Gasteiger partial charge in [-0.3, -0.25) is 0 Å². The number of nitrogens with zero attached hydrogens (tertiary/aromatic N) is 1. The average molecular weight is 256 g/mol. The number of likely N-dealkylation sites (tertiary alicyclic amines) is 1. The number of methoxy groups -OCH3 is 1. The van der Waals surface area contributed by atoms with Crippen molar-refractivity contribution in [3.8, 4) is 0 Å². The van der Waals surface area contributed by atoms with Crippen molar-refractivity contribution in [1.29, 1.82) is 0 Å². The molecule has 1 unspecified atom stereocenters. The molecule has 1 N–H and O–H groups in total. The number of piperidine rings is 1. The van der Waals surface area contributed by atoms with E-state index in [0.29, 0.717) is 12.0 Å². The molecule has 1 fully saturated rings. The molecule has 0 spiro atoms. The number of hydrogen-bond acceptors (Lipinski definition) is 3. The lowest BCUT2D eigenvalue weighted by atomic mass is 9.96. The molecule has 0 aliphatic carbocycles. The summed E-state index contributed by atoms with van der Waals surface area (Å²) in [5.74, 6) is 1.50. The zero-order valence-corrected chi connectivity index (χ0v) is 12.7. The van der Waals surface area contributed by atoms with Gasteiger partial charge < -0.3 is 15.0 Å². The number of ether oxygens (including phenoxy) is 1. The van der Waals surface area contributed by atoms with E-state index in [1.807, 2.05) is 7.11 Å². The summed E-state index contributed by atoms with van der Waals surface area (Å²) in [6.07, 6.45) is 3.82. The molecular weight excluding hydrogens is 224 g/mol. The molecule has 1 heterocycles. The first kappa shape index (κ1) is 15.9. The summed E-state index contributed by atoms with van der Waals surface area (Å²) in [5.41, 5.74) is 0. The molecule has 0 amide bonds. The van der Waals surface area contributed by atoms with Gasteiger partial charge in [-0.05, 0) is 50.7 Å². The highest BCUT2D eigenvalue weighted by Gasteiger charge is 2.22. The first-order valence-electron chi connectivity index (χ1n) is 7.62. The Kier molecular flexibility index (Phi) is 7.87. The van der Waals surface area contributed by atoms with Crippen molar-refractivity contribution in [2.45, 2.75) is 46.1 Å². The lowest BCUT2D eigenvalue weighted by Crippen LogP contribution is -2.47. The lowest BCUT2D eigenvalue weighted by molar-refractivity contribution is 0.0922. The Bertz CT molecular complexity index is 201. The van der Waals surface area contributed by atoms with Crippen molar-refractivity contribution in [3.63, 3.8) is 0 Å². The van der Waals surface area contributed by atoms with Crippen LogP contribution in [0.5, 0.6) is 0 Å². The fourth-order valence-electron chi connectivity index (χ4n) is 2.69. The van der Waals surface area contributed by atoms with E-state index in [2.05, 4.69) is 31.0 Å². The monoisotopic (exact) mass is 256 g/mol. The highest BCUT2D eigenvalue weighted by molar-refractivity contribution is 4.79. The molecule has 108 valence electrons. The molecule has 0 saturated carbocycles. The Morgan fingerprint density at radius 1 is 1.28 bits per heavy atom.